The molecular weight excluding hydrogens is 344 g/mol. The van der Waals surface area contributed by atoms with Crippen molar-refractivity contribution >= 4 is 39.6 Å². The zero-order valence-electron chi connectivity index (χ0n) is 12.9. The van der Waals surface area contributed by atoms with Crippen LogP contribution in [0.3, 0.4) is 0 Å². The van der Waals surface area contributed by atoms with E-state index in [0.717, 1.165) is 10.6 Å². The molecule has 0 aliphatic carbocycles. The number of primary amides is 1. The Morgan fingerprint density at radius 3 is 2.44 bits per heavy atom. The predicted octanol–water partition coefficient (Wildman–Crippen LogP) is 1.72. The van der Waals surface area contributed by atoms with Crippen LogP contribution in [-0.4, -0.2) is 37.4 Å². The molecule has 0 aromatic heterocycles. The lowest BCUT2D eigenvalue weighted by Crippen LogP contribution is -2.36. The van der Waals surface area contributed by atoms with Gasteiger partial charge in [0, 0.05) is 11.3 Å². The van der Waals surface area contributed by atoms with E-state index in [2.05, 4.69) is 10.3 Å². The average molecular weight is 358 g/mol. The number of anilines is 1. The summed E-state index contributed by atoms with van der Waals surface area (Å²) in [6.07, 6.45) is 1.14. The van der Waals surface area contributed by atoms with Gasteiger partial charge in [-0.25, -0.2) is 22.5 Å². The third-order valence-corrected chi connectivity index (χ3v) is 5.29. The van der Waals surface area contributed by atoms with Gasteiger partial charge < -0.3 is 11.1 Å². The van der Waals surface area contributed by atoms with Crippen LogP contribution in [0.1, 0.15) is 10.4 Å². The van der Waals surface area contributed by atoms with Crippen LogP contribution in [0.2, 0.25) is 0 Å². The Bertz CT molecular complexity index is 968. The second-order valence-corrected chi connectivity index (χ2v) is 7.11. The van der Waals surface area contributed by atoms with E-state index in [1.54, 1.807) is 18.2 Å². The zero-order chi connectivity index (χ0) is 18.0. The van der Waals surface area contributed by atoms with Crippen LogP contribution in [0.25, 0.3) is 0 Å². The number of hydrogen-bond donors (Lipinski definition) is 2. The summed E-state index contributed by atoms with van der Waals surface area (Å²) in [5, 5.41) is 2.38. The van der Waals surface area contributed by atoms with Gasteiger partial charge in [-0.2, -0.15) is 0 Å². The maximum absolute atomic E-state index is 12.6. The summed E-state index contributed by atoms with van der Waals surface area (Å²) in [6, 6.07) is 11.6. The number of hydrogen-bond acceptors (Lipinski definition) is 5. The number of amides is 2. The molecule has 2 amide bonds. The summed E-state index contributed by atoms with van der Waals surface area (Å²) in [4.78, 5) is 27.3. The van der Waals surface area contributed by atoms with Crippen molar-refractivity contribution in [1.29, 1.82) is 0 Å². The van der Waals surface area contributed by atoms with Gasteiger partial charge >= 0.3 is 6.03 Å². The van der Waals surface area contributed by atoms with Gasteiger partial charge in [0.2, 0.25) is 0 Å². The molecule has 1 heterocycles. The highest BCUT2D eigenvalue weighted by atomic mass is 32.2. The standard InChI is InChI=1S/C16H14N4O4S/c17-16(22)19-12-7-5-11(6-8-12)14(21)9-20-10-18-13-3-1-2-4-15(13)25(20,23)24/h1-8,10H,9H2,(H3,17,19,22). The highest BCUT2D eigenvalue weighted by Crippen LogP contribution is 2.29. The number of Topliss-reactive ketones (excluding diaryl/α,β-unsaturated/α-hetero) is 1. The number of carbonyl (C=O) groups is 2. The Balaban J connectivity index is 1.79. The van der Waals surface area contributed by atoms with E-state index in [1.807, 2.05) is 0 Å². The minimum Gasteiger partial charge on any atom is -0.351 e. The molecule has 1 aliphatic heterocycles. The van der Waals surface area contributed by atoms with Gasteiger partial charge in [0.25, 0.3) is 10.0 Å². The van der Waals surface area contributed by atoms with Gasteiger partial charge in [-0.1, -0.05) is 12.1 Å². The van der Waals surface area contributed by atoms with Crippen LogP contribution in [0.15, 0.2) is 58.4 Å². The molecule has 1 aliphatic rings. The maximum atomic E-state index is 12.6. The monoisotopic (exact) mass is 358 g/mol. The topological polar surface area (TPSA) is 122 Å². The molecule has 3 N–H and O–H groups in total. The van der Waals surface area contributed by atoms with E-state index in [0.29, 0.717) is 16.9 Å². The normalized spacial score (nSPS) is 14.6. The Morgan fingerprint density at radius 1 is 1.08 bits per heavy atom. The average Bonchev–Trinajstić information content (AvgIpc) is 2.58. The summed E-state index contributed by atoms with van der Waals surface area (Å²) in [5.41, 5.74) is 6.09. The Morgan fingerprint density at radius 2 is 1.76 bits per heavy atom. The molecule has 0 radical (unpaired) electrons. The molecule has 0 unspecified atom stereocenters. The number of urea groups is 1. The van der Waals surface area contributed by atoms with Crippen molar-refractivity contribution in [3.8, 4) is 0 Å². The molecule has 2 aromatic rings. The van der Waals surface area contributed by atoms with E-state index in [-0.39, 0.29) is 11.4 Å². The van der Waals surface area contributed by atoms with Crippen molar-refractivity contribution in [2.75, 3.05) is 11.9 Å². The van der Waals surface area contributed by atoms with Crippen molar-refractivity contribution in [3.63, 3.8) is 0 Å². The fourth-order valence-corrected chi connectivity index (χ4v) is 3.68. The predicted molar refractivity (Wildman–Crippen MR) is 92.5 cm³/mol. The molecule has 128 valence electrons. The summed E-state index contributed by atoms with van der Waals surface area (Å²) in [5.74, 6) is -0.403. The molecule has 0 saturated carbocycles. The van der Waals surface area contributed by atoms with Crippen molar-refractivity contribution < 1.29 is 18.0 Å². The molecule has 0 saturated heterocycles. The first-order chi connectivity index (χ1) is 11.9. The first-order valence-corrected chi connectivity index (χ1v) is 8.67. The number of ketones is 1. The molecule has 0 fully saturated rings. The first kappa shape index (κ1) is 16.7. The quantitative estimate of drug-likeness (QED) is 0.808. The fourth-order valence-electron chi connectivity index (χ4n) is 2.34. The van der Waals surface area contributed by atoms with Crippen LogP contribution in [0.5, 0.6) is 0 Å². The van der Waals surface area contributed by atoms with Crippen molar-refractivity contribution in [1.82, 2.24) is 4.31 Å². The van der Waals surface area contributed by atoms with Gasteiger partial charge in [-0.05, 0) is 36.4 Å². The number of nitrogens with two attached hydrogens (primary N) is 1. The van der Waals surface area contributed by atoms with Gasteiger partial charge in [0.05, 0.1) is 12.2 Å². The number of para-hydroxylation sites is 1. The van der Waals surface area contributed by atoms with E-state index < -0.39 is 21.8 Å². The summed E-state index contributed by atoms with van der Waals surface area (Å²) in [6.45, 7) is -0.372. The summed E-state index contributed by atoms with van der Waals surface area (Å²) >= 11 is 0. The molecule has 9 heteroatoms. The highest BCUT2D eigenvalue weighted by molar-refractivity contribution is 7.89. The smallest absolute Gasteiger partial charge is 0.316 e. The van der Waals surface area contributed by atoms with Gasteiger partial charge in [0.15, 0.2) is 5.78 Å². The first-order valence-electron chi connectivity index (χ1n) is 7.23. The molecule has 25 heavy (non-hydrogen) atoms. The Labute approximate surface area is 144 Å². The van der Waals surface area contributed by atoms with Crippen molar-refractivity contribution in [2.45, 2.75) is 4.90 Å². The molecule has 3 rings (SSSR count). The van der Waals surface area contributed by atoms with Crippen molar-refractivity contribution in [3.05, 3.63) is 54.1 Å². The van der Waals surface area contributed by atoms with E-state index in [1.165, 1.54) is 30.3 Å². The number of aliphatic imine (C=N–C) groups is 1. The maximum Gasteiger partial charge on any atom is 0.316 e. The Hall–Kier alpha value is -3.20. The van der Waals surface area contributed by atoms with Gasteiger partial charge in [-0.15, -0.1) is 0 Å². The lowest BCUT2D eigenvalue weighted by molar-refractivity contribution is 0.0981. The zero-order valence-corrected chi connectivity index (χ0v) is 13.7. The molecule has 2 aromatic carbocycles. The molecule has 0 spiro atoms. The second kappa shape index (κ2) is 6.36. The molecular formula is C16H14N4O4S. The summed E-state index contributed by atoms with van der Waals surface area (Å²) in [7, 11) is -3.82. The SMILES string of the molecule is NC(=O)Nc1ccc(C(=O)CN2C=Nc3ccccc3S2(=O)=O)cc1. The van der Waals surface area contributed by atoms with Crippen LogP contribution in [-0.2, 0) is 10.0 Å². The number of sulfonamides is 1. The van der Waals surface area contributed by atoms with Gasteiger partial charge in [0.1, 0.15) is 11.2 Å². The molecule has 0 bridgehead atoms. The number of rotatable bonds is 4. The largest absolute Gasteiger partial charge is 0.351 e. The summed E-state index contributed by atoms with van der Waals surface area (Å²) < 4.78 is 26.0. The number of carbonyl (C=O) groups excluding carboxylic acids is 2. The van der Waals surface area contributed by atoms with Crippen LogP contribution < -0.4 is 11.1 Å². The van der Waals surface area contributed by atoms with Crippen LogP contribution in [0.4, 0.5) is 16.2 Å². The lowest BCUT2D eigenvalue weighted by Gasteiger charge is -2.23. The van der Waals surface area contributed by atoms with Crippen LogP contribution in [0, 0.1) is 0 Å². The minimum atomic E-state index is -3.82. The number of benzene rings is 2. The van der Waals surface area contributed by atoms with E-state index >= 15 is 0 Å². The van der Waals surface area contributed by atoms with Crippen LogP contribution >= 0.6 is 0 Å². The Kier molecular flexibility index (Phi) is 4.24. The third-order valence-electron chi connectivity index (χ3n) is 3.55. The number of nitrogens with one attached hydrogen (secondary N) is 1. The van der Waals surface area contributed by atoms with E-state index in [9.17, 15) is 18.0 Å². The second-order valence-electron chi connectivity index (χ2n) is 5.25. The third kappa shape index (κ3) is 3.36. The van der Waals surface area contributed by atoms with Gasteiger partial charge in [-0.3, -0.25) is 4.79 Å². The fraction of sp³-hybridized carbons (Fsp3) is 0.0625. The molecule has 8 nitrogen and oxygen atoms in total. The lowest BCUT2D eigenvalue weighted by atomic mass is 10.1. The number of nitrogens with zero attached hydrogens (tertiary/aromatic N) is 2. The highest BCUT2D eigenvalue weighted by Gasteiger charge is 2.29. The number of fused-ring (bicyclic) bond motifs is 1. The van der Waals surface area contributed by atoms with Crippen molar-refractivity contribution in [2.24, 2.45) is 10.7 Å². The minimum absolute atomic E-state index is 0.0614. The molecule has 0 atom stereocenters. The van der Waals surface area contributed by atoms with E-state index in [4.69, 9.17) is 5.73 Å².